The van der Waals surface area contributed by atoms with Gasteiger partial charge in [-0.1, -0.05) is 19.4 Å². The van der Waals surface area contributed by atoms with Crippen LogP contribution in [0.2, 0.25) is 0 Å². The summed E-state index contributed by atoms with van der Waals surface area (Å²) in [5, 5.41) is 5.24. The first-order valence-electron chi connectivity index (χ1n) is 9.36. The molecule has 0 saturated carbocycles. The molecule has 7 heteroatoms. The molecule has 0 saturated heterocycles. The fourth-order valence-electron chi connectivity index (χ4n) is 2.70. The third-order valence-electron chi connectivity index (χ3n) is 4.27. The molecule has 1 heterocycles. The fraction of sp³-hybridized carbons (Fsp3) is 0.273. The molecule has 0 unspecified atom stereocenters. The molecule has 29 heavy (non-hydrogen) atoms. The largest absolute Gasteiger partial charge is 0.497 e. The highest BCUT2D eigenvalue weighted by molar-refractivity contribution is 7.14. The zero-order valence-electron chi connectivity index (χ0n) is 16.7. The zero-order chi connectivity index (χ0) is 20.6. The third-order valence-corrected chi connectivity index (χ3v) is 5.03. The van der Waals surface area contributed by atoms with Gasteiger partial charge in [0.15, 0.2) is 5.13 Å². The number of rotatable bonds is 9. The average molecular weight is 413 g/mol. The third kappa shape index (κ3) is 5.26. The molecule has 0 aliphatic rings. The molecule has 0 spiro atoms. The maximum atomic E-state index is 12.6. The summed E-state index contributed by atoms with van der Waals surface area (Å²) in [6.07, 6.45) is 2.04. The molecule has 2 aromatic carbocycles. The molecule has 0 aliphatic heterocycles. The summed E-state index contributed by atoms with van der Waals surface area (Å²) >= 11 is 1.36. The highest BCUT2D eigenvalue weighted by Crippen LogP contribution is 2.35. The molecule has 0 atom stereocenters. The Bertz CT molecular complexity index is 971. The molecule has 1 N–H and O–H groups in total. The summed E-state index contributed by atoms with van der Waals surface area (Å²) in [4.78, 5) is 17.1. The van der Waals surface area contributed by atoms with Crippen LogP contribution in [-0.4, -0.2) is 31.7 Å². The number of hydrogen-bond acceptors (Lipinski definition) is 6. The lowest BCUT2D eigenvalue weighted by Gasteiger charge is -2.08. The molecule has 0 radical (unpaired) electrons. The van der Waals surface area contributed by atoms with E-state index in [9.17, 15) is 4.79 Å². The van der Waals surface area contributed by atoms with Gasteiger partial charge in [-0.3, -0.25) is 10.1 Å². The number of aromatic nitrogens is 1. The van der Waals surface area contributed by atoms with Crippen molar-refractivity contribution < 1.29 is 19.0 Å². The molecular weight excluding hydrogens is 388 g/mol. The molecule has 1 aromatic heterocycles. The van der Waals surface area contributed by atoms with Crippen LogP contribution in [0.25, 0.3) is 11.3 Å². The molecule has 6 nitrogen and oxygen atoms in total. The van der Waals surface area contributed by atoms with Crippen molar-refractivity contribution >= 4 is 22.4 Å². The second-order valence-corrected chi connectivity index (χ2v) is 7.15. The number of amides is 1. The number of nitrogens with one attached hydrogen (secondary N) is 1. The Balaban J connectivity index is 1.72. The van der Waals surface area contributed by atoms with E-state index >= 15 is 0 Å². The summed E-state index contributed by atoms with van der Waals surface area (Å²) in [6, 6.07) is 12.7. The van der Waals surface area contributed by atoms with Crippen LogP contribution >= 0.6 is 11.3 Å². The van der Waals surface area contributed by atoms with E-state index in [1.54, 1.807) is 32.4 Å². The van der Waals surface area contributed by atoms with Crippen molar-refractivity contribution in [2.45, 2.75) is 19.8 Å². The summed E-state index contributed by atoms with van der Waals surface area (Å²) in [6.45, 7) is 2.75. The Hall–Kier alpha value is -3.06. The lowest BCUT2D eigenvalue weighted by molar-refractivity contribution is 0.102. The van der Waals surface area contributed by atoms with E-state index < -0.39 is 0 Å². The molecule has 152 valence electrons. The van der Waals surface area contributed by atoms with E-state index in [1.165, 1.54) is 11.3 Å². The van der Waals surface area contributed by atoms with Gasteiger partial charge in [-0.2, -0.15) is 0 Å². The van der Waals surface area contributed by atoms with Crippen molar-refractivity contribution in [1.82, 2.24) is 4.98 Å². The lowest BCUT2D eigenvalue weighted by atomic mass is 10.1. The second-order valence-electron chi connectivity index (χ2n) is 6.29. The van der Waals surface area contributed by atoms with Crippen molar-refractivity contribution in [2.24, 2.45) is 0 Å². The van der Waals surface area contributed by atoms with E-state index in [4.69, 9.17) is 14.2 Å². The fourth-order valence-corrected chi connectivity index (χ4v) is 3.40. The summed E-state index contributed by atoms with van der Waals surface area (Å²) < 4.78 is 16.3. The normalized spacial score (nSPS) is 10.4. The molecule has 3 rings (SSSR count). The smallest absolute Gasteiger partial charge is 0.257 e. The SMILES string of the molecule is CCCCOc1cccc(C(=O)Nc2nc(-c3ccc(OC)cc3OC)cs2)c1. The van der Waals surface area contributed by atoms with Crippen LogP contribution in [0.4, 0.5) is 5.13 Å². The number of benzene rings is 2. The topological polar surface area (TPSA) is 69.7 Å². The number of anilines is 1. The van der Waals surface area contributed by atoms with Crippen molar-refractivity contribution in [3.05, 3.63) is 53.4 Å². The van der Waals surface area contributed by atoms with Gasteiger partial charge in [-0.25, -0.2) is 4.98 Å². The number of thiazole rings is 1. The zero-order valence-corrected chi connectivity index (χ0v) is 17.5. The second kappa shape index (κ2) is 9.93. The molecule has 1 amide bonds. The molecule has 3 aromatic rings. The van der Waals surface area contributed by atoms with Gasteiger partial charge in [0.2, 0.25) is 0 Å². The van der Waals surface area contributed by atoms with E-state index in [0.29, 0.717) is 34.6 Å². The van der Waals surface area contributed by atoms with Crippen LogP contribution in [0.15, 0.2) is 47.8 Å². The molecule has 0 bridgehead atoms. The van der Waals surface area contributed by atoms with Crippen LogP contribution in [0.5, 0.6) is 17.2 Å². The van der Waals surface area contributed by atoms with Gasteiger partial charge in [0, 0.05) is 22.6 Å². The Labute approximate surface area is 174 Å². The quantitative estimate of drug-likeness (QED) is 0.486. The number of unbranched alkanes of at least 4 members (excludes halogenated alkanes) is 1. The maximum absolute atomic E-state index is 12.6. The van der Waals surface area contributed by atoms with Gasteiger partial charge < -0.3 is 14.2 Å². The lowest BCUT2D eigenvalue weighted by Crippen LogP contribution is -2.12. The first-order chi connectivity index (χ1) is 14.1. The predicted molar refractivity (Wildman–Crippen MR) is 115 cm³/mol. The van der Waals surface area contributed by atoms with Crippen molar-refractivity contribution in [3.63, 3.8) is 0 Å². The highest BCUT2D eigenvalue weighted by Gasteiger charge is 2.14. The van der Waals surface area contributed by atoms with E-state index in [1.807, 2.05) is 29.6 Å². The Morgan fingerprint density at radius 3 is 2.72 bits per heavy atom. The minimum atomic E-state index is -0.228. The highest BCUT2D eigenvalue weighted by atomic mass is 32.1. The monoisotopic (exact) mass is 412 g/mol. The van der Waals surface area contributed by atoms with Crippen LogP contribution < -0.4 is 19.5 Å². The standard InChI is InChI=1S/C22H24N2O4S/c1-4-5-11-28-17-8-6-7-15(12-17)21(25)24-22-23-19(14-29-22)18-10-9-16(26-2)13-20(18)27-3/h6-10,12-14H,4-5,11H2,1-3H3,(H,23,24,25). The Morgan fingerprint density at radius 1 is 1.10 bits per heavy atom. The van der Waals surface area contributed by atoms with Crippen LogP contribution in [0.1, 0.15) is 30.1 Å². The molecule has 0 aliphatic carbocycles. The number of ether oxygens (including phenoxy) is 3. The number of carbonyl (C=O) groups excluding carboxylic acids is 1. The van der Waals surface area contributed by atoms with Gasteiger partial charge in [0.05, 0.1) is 26.5 Å². The predicted octanol–water partition coefficient (Wildman–Crippen LogP) is 5.26. The van der Waals surface area contributed by atoms with Crippen molar-refractivity contribution in [1.29, 1.82) is 0 Å². The van der Waals surface area contributed by atoms with Gasteiger partial charge in [-0.15, -0.1) is 11.3 Å². The first-order valence-corrected chi connectivity index (χ1v) is 10.2. The Kier molecular flexibility index (Phi) is 7.08. The minimum absolute atomic E-state index is 0.228. The first kappa shape index (κ1) is 20.7. The van der Waals surface area contributed by atoms with Crippen molar-refractivity contribution in [3.8, 4) is 28.5 Å². The van der Waals surface area contributed by atoms with Gasteiger partial charge in [0.1, 0.15) is 17.2 Å². The summed E-state index contributed by atoms with van der Waals surface area (Å²) in [7, 11) is 3.21. The van der Waals surface area contributed by atoms with Gasteiger partial charge in [-0.05, 0) is 36.8 Å². The van der Waals surface area contributed by atoms with Crippen LogP contribution in [0.3, 0.4) is 0 Å². The van der Waals surface area contributed by atoms with Crippen molar-refractivity contribution in [2.75, 3.05) is 26.1 Å². The molecule has 0 fully saturated rings. The van der Waals surface area contributed by atoms with Crippen LogP contribution in [-0.2, 0) is 0 Å². The van der Waals surface area contributed by atoms with Crippen LogP contribution in [0, 0.1) is 0 Å². The number of hydrogen-bond donors (Lipinski definition) is 1. The maximum Gasteiger partial charge on any atom is 0.257 e. The van der Waals surface area contributed by atoms with E-state index in [2.05, 4.69) is 17.2 Å². The van der Waals surface area contributed by atoms with Gasteiger partial charge in [0.25, 0.3) is 5.91 Å². The van der Waals surface area contributed by atoms with Gasteiger partial charge >= 0.3 is 0 Å². The molecular formula is C22H24N2O4S. The minimum Gasteiger partial charge on any atom is -0.497 e. The Morgan fingerprint density at radius 2 is 1.97 bits per heavy atom. The number of methoxy groups -OCH3 is 2. The number of nitrogens with zero attached hydrogens (tertiary/aromatic N) is 1. The average Bonchev–Trinajstić information content (AvgIpc) is 3.21. The van der Waals surface area contributed by atoms with E-state index in [0.717, 1.165) is 24.1 Å². The summed E-state index contributed by atoms with van der Waals surface area (Å²) in [5.41, 5.74) is 2.08. The summed E-state index contributed by atoms with van der Waals surface area (Å²) in [5.74, 6) is 1.82. The van der Waals surface area contributed by atoms with E-state index in [-0.39, 0.29) is 5.91 Å². The number of carbonyl (C=O) groups is 1.